The summed E-state index contributed by atoms with van der Waals surface area (Å²) in [6, 6.07) is 11.0. The number of hydrogen-bond donors (Lipinski definition) is 0. The number of rotatable bonds is 0. The van der Waals surface area contributed by atoms with E-state index in [0.717, 1.165) is 0 Å². The molecule has 2 aromatic carbocycles. The van der Waals surface area contributed by atoms with Crippen molar-refractivity contribution in [2.45, 2.75) is 67.0 Å². The molecule has 0 heterocycles. The van der Waals surface area contributed by atoms with Crippen LogP contribution in [0.2, 0.25) is 13.1 Å². The summed E-state index contributed by atoms with van der Waals surface area (Å²) in [7, 11) is 0. The molecule has 4 heteroatoms. The van der Waals surface area contributed by atoms with E-state index in [2.05, 4.69) is 91.9 Å². The van der Waals surface area contributed by atoms with Crippen molar-refractivity contribution >= 4 is 5.43 Å². The fraction of sp³-hybridized carbons (Fsp3) is 0.500. The number of halogens is 2. The van der Waals surface area contributed by atoms with E-state index in [4.69, 9.17) is 0 Å². The van der Waals surface area contributed by atoms with Crippen molar-refractivity contribution in [3.05, 3.63) is 58.1 Å². The molecule has 0 unspecified atom stereocenters. The summed E-state index contributed by atoms with van der Waals surface area (Å²) in [6.45, 7) is 19.9. The summed E-state index contributed by atoms with van der Waals surface area (Å²) in [5, 5.41) is 0. The minimum absolute atomic E-state index is 0. The second-order valence-corrected chi connectivity index (χ2v) is 16.7. The van der Waals surface area contributed by atoms with Crippen LogP contribution in [-0.2, 0) is 28.8 Å². The maximum absolute atomic E-state index is 2.31. The molecule has 0 aliphatic carbocycles. The van der Waals surface area contributed by atoms with Gasteiger partial charge in [-0.1, -0.05) is 53.9 Å². The average Bonchev–Trinajstić information content (AvgIpc) is 2.85. The van der Waals surface area contributed by atoms with E-state index in [0.29, 0.717) is 5.41 Å². The van der Waals surface area contributed by atoms with Gasteiger partial charge in [-0.05, 0) is 0 Å². The van der Waals surface area contributed by atoms with E-state index in [9.17, 15) is 0 Å². The van der Waals surface area contributed by atoms with Gasteiger partial charge < -0.3 is 24.8 Å². The predicted molar refractivity (Wildman–Crippen MR) is 99.2 cm³/mol. The second-order valence-electron chi connectivity index (χ2n) is 7.33. The van der Waals surface area contributed by atoms with Gasteiger partial charge in [0.2, 0.25) is 0 Å². The third-order valence-corrected chi connectivity index (χ3v) is 3.29. The van der Waals surface area contributed by atoms with E-state index >= 15 is 0 Å². The molecule has 136 valence electrons. The summed E-state index contributed by atoms with van der Waals surface area (Å²) in [6.07, 6.45) is 0. The Morgan fingerprint density at radius 2 is 1.38 bits per heavy atom. The Morgan fingerprint density at radius 1 is 0.917 bits per heavy atom. The molecule has 0 amide bonds. The van der Waals surface area contributed by atoms with Crippen LogP contribution in [0.5, 0.6) is 0 Å². The van der Waals surface area contributed by atoms with Crippen LogP contribution in [0.25, 0.3) is 0 Å². The van der Waals surface area contributed by atoms with E-state index in [1.165, 1.54) is 27.8 Å². The first-order valence-corrected chi connectivity index (χ1v) is 14.1. The first kappa shape index (κ1) is 29.2. The predicted octanol–water partition coefficient (Wildman–Crippen LogP) is 0.134. The van der Waals surface area contributed by atoms with Gasteiger partial charge in [0.1, 0.15) is 0 Å². The summed E-state index contributed by atoms with van der Waals surface area (Å²) >= 11 is 1.74. The Hall–Kier alpha value is 0.380. The molecular weight excluding hydrogens is 430 g/mol. The molecule has 0 aromatic heterocycles. The van der Waals surface area contributed by atoms with Crippen LogP contribution in [0.4, 0.5) is 0 Å². The Bertz CT molecular complexity index is 566. The molecule has 0 nitrogen and oxygen atoms in total. The minimum Gasteiger partial charge on any atom is -1.00 e. The molecule has 0 atom stereocenters. The van der Waals surface area contributed by atoms with Crippen LogP contribution in [0.15, 0.2) is 30.3 Å². The molecule has 2 rings (SSSR count). The average molecular weight is 463 g/mol. The molecule has 0 aliphatic heterocycles. The van der Waals surface area contributed by atoms with Gasteiger partial charge in [-0.2, -0.15) is 46.0 Å². The molecule has 0 spiro atoms. The maximum atomic E-state index is 2.31. The zero-order valence-corrected chi connectivity index (χ0v) is 21.6. The van der Waals surface area contributed by atoms with Gasteiger partial charge in [0.05, 0.1) is 0 Å². The topological polar surface area (TPSA) is 0 Å². The first-order chi connectivity index (χ1) is 9.93. The van der Waals surface area contributed by atoms with E-state index < -0.39 is 0 Å². The van der Waals surface area contributed by atoms with Gasteiger partial charge in [-0.25, -0.2) is 12.1 Å². The summed E-state index contributed by atoms with van der Waals surface area (Å²) in [4.78, 5) is 0. The molecular formula is C20H32Cl2SiZr-2. The van der Waals surface area contributed by atoms with Gasteiger partial charge in [0.25, 0.3) is 0 Å². The van der Waals surface area contributed by atoms with Crippen molar-refractivity contribution in [3.63, 3.8) is 0 Å². The minimum atomic E-state index is 0. The summed E-state index contributed by atoms with van der Waals surface area (Å²) in [5.41, 5.74) is 7.51. The maximum Gasteiger partial charge on any atom is -0.0632 e. The zero-order chi connectivity index (χ0) is 17.5. The van der Waals surface area contributed by atoms with Gasteiger partial charge in [0.15, 0.2) is 0 Å². The van der Waals surface area contributed by atoms with E-state index in [-0.39, 0.29) is 30.2 Å². The fourth-order valence-corrected chi connectivity index (χ4v) is 1.98. The van der Waals surface area contributed by atoms with Crippen molar-refractivity contribution in [2.75, 3.05) is 0 Å². The van der Waals surface area contributed by atoms with Crippen LogP contribution in [0, 0.1) is 27.7 Å². The SMILES string of the molecule is C[Si](C)=[Zr+2].Cc1cc(C(C)(C)C)c[cH-]1.Cc1cc(C)c(C)[cH-]1.[Cl-].[Cl-]. The van der Waals surface area contributed by atoms with Crippen LogP contribution >= 0.6 is 0 Å². The van der Waals surface area contributed by atoms with Crippen molar-refractivity contribution in [2.24, 2.45) is 0 Å². The molecule has 0 fully saturated rings. The summed E-state index contributed by atoms with van der Waals surface area (Å²) < 4.78 is 0. The normalized spacial score (nSPS) is 9.46. The van der Waals surface area contributed by atoms with Crippen LogP contribution in [0.3, 0.4) is 0 Å². The molecule has 0 bridgehead atoms. The van der Waals surface area contributed by atoms with Crippen molar-refractivity contribution < 1.29 is 48.1 Å². The number of hydrogen-bond acceptors (Lipinski definition) is 0. The third kappa shape index (κ3) is 13.6. The molecule has 24 heavy (non-hydrogen) atoms. The first-order valence-electron chi connectivity index (χ1n) is 7.89. The monoisotopic (exact) mass is 460 g/mol. The molecule has 0 N–H and O–H groups in total. The van der Waals surface area contributed by atoms with E-state index in [1.54, 1.807) is 23.3 Å². The molecule has 0 radical (unpaired) electrons. The van der Waals surface area contributed by atoms with E-state index in [1.807, 2.05) is 0 Å². The Labute approximate surface area is 177 Å². The summed E-state index contributed by atoms with van der Waals surface area (Å²) in [5.74, 6) is 0. The van der Waals surface area contributed by atoms with Crippen LogP contribution in [0.1, 0.15) is 48.6 Å². The smallest absolute Gasteiger partial charge is 0.0632 e. The van der Waals surface area contributed by atoms with Crippen molar-refractivity contribution in [1.82, 2.24) is 0 Å². The van der Waals surface area contributed by atoms with Crippen LogP contribution in [-0.4, -0.2) is 5.43 Å². The van der Waals surface area contributed by atoms with Gasteiger partial charge in [0, 0.05) is 0 Å². The van der Waals surface area contributed by atoms with Crippen LogP contribution < -0.4 is 24.8 Å². The van der Waals surface area contributed by atoms with Crippen molar-refractivity contribution in [1.29, 1.82) is 0 Å². The Balaban J connectivity index is -0.000000286. The molecule has 0 aliphatic rings. The largest absolute Gasteiger partial charge is 1.00 e. The zero-order valence-electron chi connectivity index (χ0n) is 16.6. The quantitative estimate of drug-likeness (QED) is 0.386. The molecule has 0 saturated heterocycles. The third-order valence-electron chi connectivity index (χ3n) is 3.29. The molecule has 2 aromatic rings. The standard InChI is InChI=1S/C10H15.C8H11.C2H6Si.2ClH.Zr/c1-8-5-6-9(7-8)10(2,3)4;1-6-4-7(2)8(3)5-6;1-3-2;;;/h5-7H,1-4H3;4-5H,1-3H3;1-2H3;2*1H;/q2*-1;;;;+2/p-2. The number of aryl methyl sites for hydroxylation is 4. The Kier molecular flexibility index (Phi) is 16.5. The fourth-order valence-electron chi connectivity index (χ4n) is 1.98. The Morgan fingerprint density at radius 3 is 1.50 bits per heavy atom. The molecule has 0 saturated carbocycles. The second kappa shape index (κ2) is 13.6. The van der Waals surface area contributed by atoms with Gasteiger partial charge in [-0.15, -0.1) is 0 Å². The van der Waals surface area contributed by atoms with Gasteiger partial charge in [-0.3, -0.25) is 0 Å². The van der Waals surface area contributed by atoms with Gasteiger partial charge >= 0.3 is 41.9 Å². The van der Waals surface area contributed by atoms with Crippen molar-refractivity contribution in [3.8, 4) is 0 Å².